The Hall–Kier alpha value is -3.40. The van der Waals surface area contributed by atoms with Gasteiger partial charge < -0.3 is 31.4 Å². The molecule has 2 aromatic rings. The minimum absolute atomic E-state index is 0.130. The second kappa shape index (κ2) is 11.6. The summed E-state index contributed by atoms with van der Waals surface area (Å²) in [5.74, 6) is -2.89. The van der Waals surface area contributed by atoms with Crippen molar-refractivity contribution in [1.82, 2.24) is 20.5 Å². The SMILES string of the molecule is CC(C)C(N)C(=O)NC(Cc1c[nH]c2ccccc12)C(=O)NC(C(=O)N1CCCC1C(=O)O)C(C)C. The first-order chi connectivity index (χ1) is 17.0. The topological polar surface area (TPSA) is 158 Å². The molecule has 3 rings (SSSR count). The molecule has 0 bridgehead atoms. The molecule has 0 radical (unpaired) electrons. The van der Waals surface area contributed by atoms with Crippen molar-refractivity contribution < 1.29 is 24.3 Å². The summed E-state index contributed by atoms with van der Waals surface area (Å²) in [6, 6.07) is 4.03. The number of fused-ring (bicyclic) bond motifs is 1. The number of likely N-dealkylation sites (tertiary alicyclic amines) is 1. The van der Waals surface area contributed by atoms with Crippen LogP contribution in [-0.2, 0) is 25.6 Å². The number of aliphatic carboxylic acids is 1. The number of aromatic nitrogens is 1. The largest absolute Gasteiger partial charge is 0.480 e. The van der Waals surface area contributed by atoms with Crippen molar-refractivity contribution in [2.24, 2.45) is 17.6 Å². The predicted molar refractivity (Wildman–Crippen MR) is 136 cm³/mol. The fourth-order valence-electron chi connectivity index (χ4n) is 4.53. The Kier molecular flexibility index (Phi) is 8.73. The molecule has 196 valence electrons. The molecule has 1 aliphatic heterocycles. The lowest BCUT2D eigenvalue weighted by Crippen LogP contribution is -2.59. The number of hydrogen-bond acceptors (Lipinski definition) is 5. The molecule has 6 N–H and O–H groups in total. The number of hydrogen-bond donors (Lipinski definition) is 5. The number of rotatable bonds is 10. The van der Waals surface area contributed by atoms with Gasteiger partial charge in [-0.25, -0.2) is 4.79 Å². The molecular weight excluding hydrogens is 462 g/mol. The van der Waals surface area contributed by atoms with Crippen LogP contribution in [-0.4, -0.2) is 69.4 Å². The van der Waals surface area contributed by atoms with Crippen LogP contribution in [0.15, 0.2) is 30.5 Å². The van der Waals surface area contributed by atoms with Gasteiger partial charge in [0.2, 0.25) is 17.7 Å². The monoisotopic (exact) mass is 499 g/mol. The molecule has 1 aromatic heterocycles. The number of carboxylic acid groups (broad SMARTS) is 1. The van der Waals surface area contributed by atoms with Gasteiger partial charge in [0.1, 0.15) is 18.1 Å². The first-order valence-electron chi connectivity index (χ1n) is 12.5. The second-order valence-corrected chi connectivity index (χ2v) is 10.2. The molecule has 0 saturated carbocycles. The summed E-state index contributed by atoms with van der Waals surface area (Å²) in [5.41, 5.74) is 7.77. The van der Waals surface area contributed by atoms with Gasteiger partial charge in [-0.3, -0.25) is 14.4 Å². The van der Waals surface area contributed by atoms with Gasteiger partial charge in [0, 0.05) is 30.1 Å². The highest BCUT2D eigenvalue weighted by Gasteiger charge is 2.39. The summed E-state index contributed by atoms with van der Waals surface area (Å²) < 4.78 is 0. The number of nitrogens with two attached hydrogens (primary N) is 1. The first-order valence-corrected chi connectivity index (χ1v) is 12.5. The van der Waals surface area contributed by atoms with Crippen molar-refractivity contribution in [3.8, 4) is 0 Å². The normalized spacial score (nSPS) is 18.3. The van der Waals surface area contributed by atoms with Gasteiger partial charge in [0.05, 0.1) is 6.04 Å². The van der Waals surface area contributed by atoms with E-state index in [9.17, 15) is 24.3 Å². The van der Waals surface area contributed by atoms with Crippen molar-refractivity contribution in [3.05, 3.63) is 36.0 Å². The quantitative estimate of drug-likeness (QED) is 0.332. The summed E-state index contributed by atoms with van der Waals surface area (Å²) in [5, 5.41) is 16.0. The maximum atomic E-state index is 13.5. The number of aromatic amines is 1. The summed E-state index contributed by atoms with van der Waals surface area (Å²) in [6.45, 7) is 7.55. The highest BCUT2D eigenvalue weighted by atomic mass is 16.4. The van der Waals surface area contributed by atoms with E-state index in [0.717, 1.165) is 16.5 Å². The molecule has 1 aromatic carbocycles. The Morgan fingerprint density at radius 3 is 2.42 bits per heavy atom. The molecule has 10 nitrogen and oxygen atoms in total. The molecule has 1 fully saturated rings. The Labute approximate surface area is 211 Å². The lowest BCUT2D eigenvalue weighted by Gasteiger charge is -2.31. The lowest BCUT2D eigenvalue weighted by atomic mass is 9.99. The van der Waals surface area contributed by atoms with E-state index in [1.54, 1.807) is 20.0 Å². The van der Waals surface area contributed by atoms with E-state index >= 15 is 0 Å². The van der Waals surface area contributed by atoms with Gasteiger partial charge >= 0.3 is 5.97 Å². The molecule has 2 heterocycles. The van der Waals surface area contributed by atoms with Crippen molar-refractivity contribution in [1.29, 1.82) is 0 Å². The number of carbonyl (C=O) groups is 4. The molecule has 10 heteroatoms. The Bertz CT molecular complexity index is 1110. The zero-order valence-corrected chi connectivity index (χ0v) is 21.3. The van der Waals surface area contributed by atoms with Crippen LogP contribution in [0, 0.1) is 11.8 Å². The van der Waals surface area contributed by atoms with Gasteiger partial charge in [-0.15, -0.1) is 0 Å². The molecule has 4 unspecified atom stereocenters. The van der Waals surface area contributed by atoms with Crippen LogP contribution in [0.5, 0.6) is 0 Å². The van der Waals surface area contributed by atoms with Crippen LogP contribution >= 0.6 is 0 Å². The highest BCUT2D eigenvalue weighted by molar-refractivity contribution is 5.95. The number of carbonyl (C=O) groups excluding carboxylic acids is 3. The highest BCUT2D eigenvalue weighted by Crippen LogP contribution is 2.22. The third-order valence-corrected chi connectivity index (χ3v) is 6.80. The van der Waals surface area contributed by atoms with Crippen LogP contribution in [0.25, 0.3) is 10.9 Å². The van der Waals surface area contributed by atoms with E-state index in [2.05, 4.69) is 15.6 Å². The van der Waals surface area contributed by atoms with Crippen LogP contribution in [0.3, 0.4) is 0 Å². The standard InChI is InChI=1S/C26H37N5O5/c1-14(2)21(27)24(33)29-19(12-16-13-28-18-9-6-5-8-17(16)18)23(32)30-22(15(3)4)25(34)31-11-7-10-20(31)26(35)36/h5-6,8-9,13-15,19-22,28H,7,10-12,27H2,1-4H3,(H,29,33)(H,30,32)(H,35,36). The number of benzene rings is 1. The predicted octanol–water partition coefficient (Wildman–Crippen LogP) is 1.39. The lowest BCUT2D eigenvalue weighted by molar-refractivity contribution is -0.150. The molecule has 0 spiro atoms. The van der Waals surface area contributed by atoms with E-state index in [1.807, 2.05) is 38.1 Å². The number of nitrogens with zero attached hydrogens (tertiary/aromatic N) is 1. The maximum Gasteiger partial charge on any atom is 0.326 e. The minimum atomic E-state index is -1.05. The van der Waals surface area contributed by atoms with E-state index in [1.165, 1.54) is 4.90 Å². The summed E-state index contributed by atoms with van der Waals surface area (Å²) >= 11 is 0. The van der Waals surface area contributed by atoms with Gasteiger partial charge in [-0.05, 0) is 36.3 Å². The van der Waals surface area contributed by atoms with Gasteiger partial charge in [-0.1, -0.05) is 45.9 Å². The van der Waals surface area contributed by atoms with E-state index < -0.39 is 47.9 Å². The first kappa shape index (κ1) is 27.2. The Morgan fingerprint density at radius 1 is 1.08 bits per heavy atom. The third-order valence-electron chi connectivity index (χ3n) is 6.80. The summed E-state index contributed by atoms with van der Waals surface area (Å²) in [6.07, 6.45) is 2.96. The van der Waals surface area contributed by atoms with Crippen LogP contribution in [0.1, 0.15) is 46.1 Å². The molecule has 3 amide bonds. The molecule has 1 aliphatic rings. The average Bonchev–Trinajstić information content (AvgIpc) is 3.48. The van der Waals surface area contributed by atoms with Crippen LogP contribution < -0.4 is 16.4 Å². The number of nitrogens with one attached hydrogen (secondary N) is 3. The van der Waals surface area contributed by atoms with Gasteiger partial charge in [0.25, 0.3) is 0 Å². The van der Waals surface area contributed by atoms with Crippen molar-refractivity contribution in [2.75, 3.05) is 6.54 Å². The van der Waals surface area contributed by atoms with Crippen LogP contribution in [0.2, 0.25) is 0 Å². The minimum Gasteiger partial charge on any atom is -0.480 e. The second-order valence-electron chi connectivity index (χ2n) is 10.2. The molecule has 0 aliphatic carbocycles. The number of carboxylic acids is 1. The number of H-pyrrole nitrogens is 1. The smallest absolute Gasteiger partial charge is 0.326 e. The maximum absolute atomic E-state index is 13.5. The Morgan fingerprint density at radius 2 is 1.78 bits per heavy atom. The fourth-order valence-corrected chi connectivity index (χ4v) is 4.53. The van der Waals surface area contributed by atoms with Crippen molar-refractivity contribution in [3.63, 3.8) is 0 Å². The molecule has 4 atom stereocenters. The van der Waals surface area contributed by atoms with E-state index in [-0.39, 0.29) is 18.3 Å². The van der Waals surface area contributed by atoms with Gasteiger partial charge in [-0.2, -0.15) is 0 Å². The molecule has 36 heavy (non-hydrogen) atoms. The van der Waals surface area contributed by atoms with Crippen molar-refractivity contribution >= 4 is 34.6 Å². The van der Waals surface area contributed by atoms with Crippen molar-refractivity contribution in [2.45, 2.75) is 71.1 Å². The Balaban J connectivity index is 1.85. The van der Waals surface area contributed by atoms with Crippen LogP contribution in [0.4, 0.5) is 0 Å². The fraction of sp³-hybridized carbons (Fsp3) is 0.538. The zero-order valence-electron chi connectivity index (χ0n) is 21.3. The molecular formula is C26H37N5O5. The molecule has 1 saturated heterocycles. The number of para-hydroxylation sites is 1. The van der Waals surface area contributed by atoms with E-state index in [4.69, 9.17) is 5.73 Å². The average molecular weight is 500 g/mol. The summed E-state index contributed by atoms with van der Waals surface area (Å²) in [7, 11) is 0. The zero-order chi connectivity index (χ0) is 26.6. The van der Waals surface area contributed by atoms with E-state index in [0.29, 0.717) is 19.4 Å². The third kappa shape index (κ3) is 6.04. The number of amides is 3. The summed E-state index contributed by atoms with van der Waals surface area (Å²) in [4.78, 5) is 55.8. The van der Waals surface area contributed by atoms with Gasteiger partial charge in [0.15, 0.2) is 0 Å².